The number of nitrogens with two attached hydrogens (primary N) is 1. The SMILES string of the molecule is C=C1CC[C@H]2[C@H]([C@H]3C[C@@H](C4CCCCC4)C[C@H]13)[C@]2([C@@H](N)C=O)[C@H]1C=C[C@@H]2[C@H](C[C@H]3[C@@H]2C[C@@H]2C[C@@H]4CC[C@]23Nc2ccccc24)C1. The summed E-state index contributed by atoms with van der Waals surface area (Å²) in [4.78, 5) is 12.7. The predicted molar refractivity (Wildman–Crippen MR) is 181 cm³/mol. The standard InChI is InChI=1S/C42H56N2O/c1-24-11-14-36-40(35-20-27(19-33(24)35)25-7-3-2-4-8-25)42(36,39(43)23-45)29-12-13-31-28(18-29)21-37-34(31)22-30-17-26-15-16-41(30,37)44-38-10-6-5-9-32(26)38/h5-6,9-10,12-13,23,25-31,33-37,39-40,44H,1-4,7-8,11,14-22,43H2/t26-,27-,28-,29-,30-,31+,33+,34+,35-,36-,37-,39-,40-,41-,42+/m0/s1. The number of benzene rings is 1. The lowest BCUT2D eigenvalue weighted by Crippen LogP contribution is -2.49. The topological polar surface area (TPSA) is 55.1 Å². The van der Waals surface area contributed by atoms with E-state index in [1.165, 1.54) is 102 Å². The number of para-hydroxylation sites is 1. The van der Waals surface area contributed by atoms with Gasteiger partial charge in [-0.1, -0.05) is 74.6 Å². The van der Waals surface area contributed by atoms with Gasteiger partial charge in [-0.3, -0.25) is 0 Å². The van der Waals surface area contributed by atoms with Crippen LogP contribution >= 0.6 is 0 Å². The van der Waals surface area contributed by atoms with E-state index in [4.69, 9.17) is 12.3 Å². The highest BCUT2D eigenvalue weighted by Gasteiger charge is 2.74. The van der Waals surface area contributed by atoms with Crippen LogP contribution in [0.1, 0.15) is 108 Å². The van der Waals surface area contributed by atoms with Crippen molar-refractivity contribution in [2.45, 2.75) is 114 Å². The molecule has 240 valence electrons. The highest BCUT2D eigenvalue weighted by atomic mass is 16.1. The van der Waals surface area contributed by atoms with E-state index in [1.54, 1.807) is 11.1 Å². The van der Waals surface area contributed by atoms with E-state index >= 15 is 0 Å². The van der Waals surface area contributed by atoms with Gasteiger partial charge in [-0.05, 0) is 153 Å². The Bertz CT molecular complexity index is 1410. The Balaban J connectivity index is 0.938. The molecule has 8 aliphatic carbocycles. The van der Waals surface area contributed by atoms with E-state index in [0.717, 1.165) is 53.8 Å². The molecule has 0 aromatic heterocycles. The largest absolute Gasteiger partial charge is 0.379 e. The van der Waals surface area contributed by atoms with Gasteiger partial charge >= 0.3 is 0 Å². The third kappa shape index (κ3) is 3.77. The lowest BCUT2D eigenvalue weighted by molar-refractivity contribution is -0.111. The van der Waals surface area contributed by atoms with Crippen LogP contribution in [0.5, 0.6) is 0 Å². The van der Waals surface area contributed by atoms with E-state index in [2.05, 4.69) is 41.7 Å². The van der Waals surface area contributed by atoms with E-state index in [9.17, 15) is 4.79 Å². The van der Waals surface area contributed by atoms with Crippen LogP contribution in [0.25, 0.3) is 0 Å². The van der Waals surface area contributed by atoms with Gasteiger partial charge in [0.15, 0.2) is 0 Å². The number of allylic oxidation sites excluding steroid dienone is 3. The van der Waals surface area contributed by atoms with Crippen LogP contribution in [-0.2, 0) is 4.79 Å². The number of carbonyl (C=O) groups is 1. The van der Waals surface area contributed by atoms with Crippen LogP contribution in [0.15, 0.2) is 48.6 Å². The summed E-state index contributed by atoms with van der Waals surface area (Å²) in [6, 6.07) is 8.95. The van der Waals surface area contributed by atoms with Crippen LogP contribution in [-0.4, -0.2) is 17.9 Å². The number of aldehydes is 1. The fraction of sp³-hybridized carbons (Fsp3) is 0.738. The van der Waals surface area contributed by atoms with Crippen molar-refractivity contribution in [1.29, 1.82) is 0 Å². The molecule has 45 heavy (non-hydrogen) atoms. The van der Waals surface area contributed by atoms with Crippen molar-refractivity contribution in [2.24, 2.45) is 82.2 Å². The fourth-order valence-electron chi connectivity index (χ4n) is 15.4. The zero-order valence-corrected chi connectivity index (χ0v) is 27.4. The Kier molecular flexibility index (Phi) is 6.30. The van der Waals surface area contributed by atoms with Crippen molar-refractivity contribution in [3.05, 3.63) is 54.1 Å². The molecule has 2 bridgehead atoms. The number of rotatable bonds is 4. The molecule has 15 atom stereocenters. The summed E-state index contributed by atoms with van der Waals surface area (Å²) in [5.41, 5.74) is 11.9. The molecule has 10 aliphatic rings. The fourth-order valence-corrected chi connectivity index (χ4v) is 15.4. The first-order valence-electron chi connectivity index (χ1n) is 19.5. The van der Waals surface area contributed by atoms with Crippen LogP contribution < -0.4 is 11.1 Å². The summed E-state index contributed by atoms with van der Waals surface area (Å²) in [7, 11) is 0. The van der Waals surface area contributed by atoms with Crippen molar-refractivity contribution >= 4 is 12.0 Å². The number of anilines is 1. The third-order valence-electron chi connectivity index (χ3n) is 17.1. The van der Waals surface area contributed by atoms with Gasteiger partial charge in [0, 0.05) is 16.6 Å². The van der Waals surface area contributed by atoms with Crippen LogP contribution in [0.3, 0.4) is 0 Å². The molecule has 0 radical (unpaired) electrons. The molecule has 2 aliphatic heterocycles. The van der Waals surface area contributed by atoms with Gasteiger partial charge in [0.05, 0.1) is 6.04 Å². The Labute approximate surface area is 271 Å². The van der Waals surface area contributed by atoms with Gasteiger partial charge in [0.2, 0.25) is 0 Å². The van der Waals surface area contributed by atoms with E-state index in [1.807, 2.05) is 0 Å². The zero-order valence-electron chi connectivity index (χ0n) is 27.4. The van der Waals surface area contributed by atoms with Crippen LogP contribution in [0.4, 0.5) is 5.69 Å². The highest BCUT2D eigenvalue weighted by Crippen LogP contribution is 2.77. The van der Waals surface area contributed by atoms with Gasteiger partial charge in [-0.2, -0.15) is 0 Å². The number of nitrogens with one attached hydrogen (secondary N) is 1. The maximum atomic E-state index is 12.7. The second-order valence-corrected chi connectivity index (χ2v) is 18.1. The second kappa shape index (κ2) is 10.1. The van der Waals surface area contributed by atoms with Crippen molar-refractivity contribution in [1.82, 2.24) is 0 Å². The first kappa shape index (κ1) is 28.2. The molecule has 3 heteroatoms. The Morgan fingerprint density at radius 1 is 0.867 bits per heavy atom. The summed E-state index contributed by atoms with van der Waals surface area (Å²) in [5.74, 6) is 9.56. The number of hydrogen-bond donors (Lipinski definition) is 2. The number of carbonyl (C=O) groups excluding carboxylic acids is 1. The molecule has 0 unspecified atom stereocenters. The molecule has 7 fully saturated rings. The van der Waals surface area contributed by atoms with Gasteiger partial charge in [-0.15, -0.1) is 0 Å². The minimum absolute atomic E-state index is 0.00954. The van der Waals surface area contributed by atoms with Crippen molar-refractivity contribution in [3.63, 3.8) is 0 Å². The first-order chi connectivity index (χ1) is 22.0. The molecule has 2 heterocycles. The first-order valence-corrected chi connectivity index (χ1v) is 19.5. The Morgan fingerprint density at radius 2 is 1.73 bits per heavy atom. The van der Waals surface area contributed by atoms with Gasteiger partial charge in [0.25, 0.3) is 0 Å². The summed E-state index contributed by atoms with van der Waals surface area (Å²) < 4.78 is 0. The summed E-state index contributed by atoms with van der Waals surface area (Å²) >= 11 is 0. The highest BCUT2D eigenvalue weighted by molar-refractivity contribution is 5.62. The smallest absolute Gasteiger partial charge is 0.137 e. The maximum absolute atomic E-state index is 12.7. The summed E-state index contributed by atoms with van der Waals surface area (Å²) in [6.45, 7) is 4.70. The quantitative estimate of drug-likeness (QED) is 0.267. The van der Waals surface area contributed by atoms with Crippen molar-refractivity contribution in [3.8, 4) is 0 Å². The molecule has 1 aromatic carbocycles. The molecule has 7 saturated carbocycles. The summed E-state index contributed by atoms with van der Waals surface area (Å²) in [6.07, 6.45) is 27.0. The number of fused-ring (bicyclic) bond motifs is 7. The van der Waals surface area contributed by atoms with E-state index in [-0.39, 0.29) is 11.5 Å². The van der Waals surface area contributed by atoms with E-state index < -0.39 is 0 Å². The zero-order chi connectivity index (χ0) is 30.1. The molecule has 0 amide bonds. The summed E-state index contributed by atoms with van der Waals surface area (Å²) in [5, 5.41) is 4.30. The minimum atomic E-state index is -0.321. The molecule has 1 spiro atoms. The molecule has 1 aromatic rings. The monoisotopic (exact) mass is 604 g/mol. The molecular formula is C42H56N2O. The maximum Gasteiger partial charge on any atom is 0.137 e. The molecule has 11 rings (SSSR count). The third-order valence-corrected chi connectivity index (χ3v) is 17.1. The average molecular weight is 605 g/mol. The lowest BCUT2D eigenvalue weighted by atomic mass is 9.65. The van der Waals surface area contributed by atoms with Crippen molar-refractivity contribution in [2.75, 3.05) is 5.32 Å². The molecule has 3 N–H and O–H groups in total. The average Bonchev–Trinajstić information content (AvgIpc) is 3.30. The molecular weight excluding hydrogens is 548 g/mol. The van der Waals surface area contributed by atoms with Crippen molar-refractivity contribution < 1.29 is 4.79 Å². The second-order valence-electron chi connectivity index (χ2n) is 18.1. The van der Waals surface area contributed by atoms with Crippen LogP contribution in [0, 0.1) is 76.4 Å². The normalized spacial score (nSPS) is 51.4. The molecule has 0 saturated heterocycles. The number of hydrogen-bond acceptors (Lipinski definition) is 3. The Hall–Kier alpha value is -1.87. The van der Waals surface area contributed by atoms with E-state index in [0.29, 0.717) is 35.1 Å². The van der Waals surface area contributed by atoms with Gasteiger partial charge in [0.1, 0.15) is 6.29 Å². The predicted octanol–water partition coefficient (Wildman–Crippen LogP) is 8.91. The lowest BCUT2D eigenvalue weighted by Gasteiger charge is -2.44. The van der Waals surface area contributed by atoms with Crippen LogP contribution in [0.2, 0.25) is 0 Å². The van der Waals surface area contributed by atoms with Gasteiger partial charge < -0.3 is 15.8 Å². The Morgan fingerprint density at radius 3 is 2.60 bits per heavy atom. The van der Waals surface area contributed by atoms with Gasteiger partial charge in [-0.25, -0.2) is 0 Å². The molecule has 3 nitrogen and oxygen atoms in total. The minimum Gasteiger partial charge on any atom is -0.379 e.